The molecule has 2 atom stereocenters. The van der Waals surface area contributed by atoms with E-state index in [1.165, 1.54) is 17.8 Å². The Morgan fingerprint density at radius 2 is 1.67 bits per heavy atom. The van der Waals surface area contributed by atoms with Crippen molar-refractivity contribution in [2.75, 3.05) is 25.1 Å². The summed E-state index contributed by atoms with van der Waals surface area (Å²) in [4.78, 5) is 48.5. The number of amides is 1. The summed E-state index contributed by atoms with van der Waals surface area (Å²) in [6.07, 6.45) is 1.31. The summed E-state index contributed by atoms with van der Waals surface area (Å²) in [7, 11) is 1.51. The smallest absolute Gasteiger partial charge is 0.355 e. The Bertz CT molecular complexity index is 1480. The number of methoxy groups -OCH3 is 1. The number of aromatic nitrogens is 5. The van der Waals surface area contributed by atoms with Crippen LogP contribution >= 0.6 is 23.2 Å². The van der Waals surface area contributed by atoms with E-state index in [4.69, 9.17) is 27.9 Å². The summed E-state index contributed by atoms with van der Waals surface area (Å²) in [6.45, 7) is 16.4. The Morgan fingerprint density at radius 3 is 2.21 bits per heavy atom. The van der Waals surface area contributed by atoms with Crippen molar-refractivity contribution in [1.82, 2.24) is 29.4 Å². The number of carbonyl (C=O) groups excluding carboxylic acids is 1. The van der Waals surface area contributed by atoms with Crippen LogP contribution in [0.1, 0.15) is 64.8 Å². The molecule has 4 rings (SSSR count). The van der Waals surface area contributed by atoms with E-state index in [9.17, 15) is 9.59 Å². The number of rotatable bonds is 6. The summed E-state index contributed by atoms with van der Waals surface area (Å²) < 4.78 is 6.80. The van der Waals surface area contributed by atoms with Crippen molar-refractivity contribution in [3.63, 3.8) is 0 Å². The molecule has 0 radical (unpaired) electrons. The van der Waals surface area contributed by atoms with E-state index < -0.39 is 5.69 Å². The van der Waals surface area contributed by atoms with Gasteiger partial charge in [-0.05, 0) is 37.8 Å². The number of hydrogen-bond acceptors (Lipinski definition) is 8. The van der Waals surface area contributed by atoms with Crippen LogP contribution in [-0.2, 0) is 4.79 Å². The van der Waals surface area contributed by atoms with Crippen LogP contribution < -0.4 is 15.3 Å². The predicted molar refractivity (Wildman–Crippen MR) is 154 cm³/mol. The molecule has 3 aromatic heterocycles. The number of fused-ring (bicyclic) bond motifs is 1. The molecule has 1 amide bonds. The van der Waals surface area contributed by atoms with Gasteiger partial charge in [0.1, 0.15) is 11.0 Å². The highest BCUT2D eigenvalue weighted by Gasteiger charge is 2.34. The second-order valence-electron chi connectivity index (χ2n) is 10.4. The van der Waals surface area contributed by atoms with Gasteiger partial charge in [-0.25, -0.2) is 14.3 Å². The first kappa shape index (κ1) is 28.8. The third-order valence-electron chi connectivity index (χ3n) is 6.89. The van der Waals surface area contributed by atoms with Gasteiger partial charge in [-0.15, -0.1) is 0 Å². The monoisotopic (exact) mass is 573 g/mol. The van der Waals surface area contributed by atoms with Crippen LogP contribution in [0.5, 0.6) is 6.01 Å². The maximum absolute atomic E-state index is 13.9. The molecule has 1 aliphatic heterocycles. The van der Waals surface area contributed by atoms with E-state index in [0.29, 0.717) is 47.0 Å². The quantitative estimate of drug-likeness (QED) is 0.307. The average Bonchev–Trinajstić information content (AvgIpc) is 2.89. The summed E-state index contributed by atoms with van der Waals surface area (Å²) in [6, 6.07) is 1.61. The Balaban J connectivity index is 2.04. The molecule has 4 heterocycles. The van der Waals surface area contributed by atoms with Crippen LogP contribution in [0, 0.1) is 0 Å². The Labute approximate surface area is 237 Å². The molecular formula is C27H33Cl2N7O3. The number of halogens is 2. The lowest BCUT2D eigenvalue weighted by atomic mass is 10.0. The summed E-state index contributed by atoms with van der Waals surface area (Å²) >= 11 is 12.9. The molecule has 1 aliphatic rings. The minimum absolute atomic E-state index is 0.0592. The van der Waals surface area contributed by atoms with Crippen molar-refractivity contribution in [2.24, 2.45) is 0 Å². The van der Waals surface area contributed by atoms with Gasteiger partial charge in [-0.1, -0.05) is 57.5 Å². The fourth-order valence-electron chi connectivity index (χ4n) is 4.94. The first-order chi connectivity index (χ1) is 18.4. The molecule has 0 spiro atoms. The van der Waals surface area contributed by atoms with Gasteiger partial charge in [0.15, 0.2) is 5.65 Å². The molecule has 208 valence electrons. The first-order valence-corrected chi connectivity index (χ1v) is 13.6. The second-order valence-corrected chi connectivity index (χ2v) is 11.1. The van der Waals surface area contributed by atoms with Gasteiger partial charge in [0.2, 0.25) is 5.91 Å². The number of anilines is 1. The van der Waals surface area contributed by atoms with Crippen molar-refractivity contribution >= 4 is 46.0 Å². The van der Waals surface area contributed by atoms with Gasteiger partial charge in [0.25, 0.3) is 0 Å². The lowest BCUT2D eigenvalue weighted by Gasteiger charge is -2.44. The molecule has 0 aromatic carbocycles. The van der Waals surface area contributed by atoms with Gasteiger partial charge in [-0.2, -0.15) is 15.0 Å². The maximum Gasteiger partial charge on any atom is 0.355 e. The van der Waals surface area contributed by atoms with E-state index in [0.717, 1.165) is 0 Å². The Kier molecular flexibility index (Phi) is 8.18. The minimum Gasteiger partial charge on any atom is -0.467 e. The summed E-state index contributed by atoms with van der Waals surface area (Å²) in [5.41, 5.74) is 1.49. The third kappa shape index (κ3) is 5.19. The minimum atomic E-state index is -0.551. The largest absolute Gasteiger partial charge is 0.467 e. The number of carbonyl (C=O) groups is 1. The van der Waals surface area contributed by atoms with Crippen molar-refractivity contribution in [1.29, 1.82) is 0 Å². The van der Waals surface area contributed by atoms with Crippen LogP contribution in [0.4, 0.5) is 5.82 Å². The SMILES string of the molecule is C=CC(=O)N1C[C@H](C)N(c2nc(=O)n(-c3c(C(C)C)nc(OC)nc3C(C)C)c3nc(Cl)c(Cl)cc23)C[C@H]1C. The fraction of sp³-hybridized carbons (Fsp3) is 0.481. The number of piperazine rings is 1. The molecule has 12 heteroatoms. The van der Waals surface area contributed by atoms with Crippen molar-refractivity contribution in [2.45, 2.75) is 65.5 Å². The molecule has 0 saturated carbocycles. The second kappa shape index (κ2) is 11.1. The zero-order chi connectivity index (χ0) is 28.8. The van der Waals surface area contributed by atoms with Crippen LogP contribution in [0.25, 0.3) is 16.7 Å². The van der Waals surface area contributed by atoms with E-state index in [-0.39, 0.29) is 46.0 Å². The highest BCUT2D eigenvalue weighted by Crippen LogP contribution is 2.36. The Morgan fingerprint density at radius 1 is 1.05 bits per heavy atom. The van der Waals surface area contributed by atoms with Gasteiger partial charge in [-0.3, -0.25) is 4.79 Å². The van der Waals surface area contributed by atoms with Crippen molar-refractivity contribution in [3.8, 4) is 11.7 Å². The van der Waals surface area contributed by atoms with Crippen LogP contribution in [0.15, 0.2) is 23.5 Å². The van der Waals surface area contributed by atoms with E-state index >= 15 is 0 Å². The molecule has 0 bridgehead atoms. The van der Waals surface area contributed by atoms with Crippen LogP contribution in [0.2, 0.25) is 10.2 Å². The lowest BCUT2D eigenvalue weighted by Crippen LogP contribution is -2.58. The van der Waals surface area contributed by atoms with Gasteiger partial charge < -0.3 is 14.5 Å². The summed E-state index contributed by atoms with van der Waals surface area (Å²) in [5.74, 6) is 0.139. The third-order valence-corrected chi connectivity index (χ3v) is 7.56. The number of pyridine rings is 1. The average molecular weight is 575 g/mol. The van der Waals surface area contributed by atoms with Crippen LogP contribution in [-0.4, -0.2) is 67.6 Å². The fourth-order valence-corrected chi connectivity index (χ4v) is 5.23. The van der Waals surface area contributed by atoms with E-state index in [1.807, 2.05) is 46.4 Å². The number of ether oxygens (including phenoxy) is 1. The molecule has 0 aliphatic carbocycles. The molecule has 0 N–H and O–H groups in total. The molecule has 0 unspecified atom stereocenters. The zero-order valence-corrected chi connectivity index (χ0v) is 24.7. The standard InChI is InChI=1S/C27H33Cl2N7O3/c1-9-19(37)34-11-16(7)35(12-15(34)6)24-17-10-18(28)23(29)32-25(17)36(27(38)33-24)22-20(13(2)3)30-26(39-8)31-21(22)14(4)5/h9-10,13-16H,1,11-12H2,2-8H3/t15-,16+/m1/s1. The number of nitrogens with zero attached hydrogens (tertiary/aromatic N) is 7. The normalized spacial score (nSPS) is 17.8. The van der Waals surface area contributed by atoms with Gasteiger partial charge in [0.05, 0.1) is 34.6 Å². The molecule has 39 heavy (non-hydrogen) atoms. The molecular weight excluding hydrogens is 541 g/mol. The lowest BCUT2D eigenvalue weighted by molar-refractivity contribution is -0.128. The van der Waals surface area contributed by atoms with Crippen LogP contribution in [0.3, 0.4) is 0 Å². The van der Waals surface area contributed by atoms with E-state index in [2.05, 4.69) is 26.5 Å². The highest BCUT2D eigenvalue weighted by molar-refractivity contribution is 6.41. The zero-order valence-electron chi connectivity index (χ0n) is 23.2. The van der Waals surface area contributed by atoms with E-state index in [1.54, 1.807) is 11.0 Å². The van der Waals surface area contributed by atoms with Crippen molar-refractivity contribution < 1.29 is 9.53 Å². The first-order valence-electron chi connectivity index (χ1n) is 12.8. The maximum atomic E-state index is 13.9. The van der Waals surface area contributed by atoms with Gasteiger partial charge in [0, 0.05) is 25.2 Å². The molecule has 1 fully saturated rings. The van der Waals surface area contributed by atoms with Crippen molar-refractivity contribution in [3.05, 3.63) is 50.8 Å². The number of hydrogen-bond donors (Lipinski definition) is 0. The molecule has 10 nitrogen and oxygen atoms in total. The van der Waals surface area contributed by atoms with Gasteiger partial charge >= 0.3 is 11.7 Å². The predicted octanol–water partition coefficient (Wildman–Crippen LogP) is 4.74. The highest BCUT2D eigenvalue weighted by atomic mass is 35.5. The topological polar surface area (TPSA) is 106 Å². The summed E-state index contributed by atoms with van der Waals surface area (Å²) in [5, 5.41) is 0.841. The molecule has 3 aromatic rings. The Hall–Kier alpha value is -3.24. The molecule has 1 saturated heterocycles.